The van der Waals surface area contributed by atoms with E-state index in [1.165, 1.54) is 6.92 Å². The minimum Gasteiger partial charge on any atom is -0.485 e. The molecule has 3 rings (SSSR count). The predicted octanol–water partition coefficient (Wildman–Crippen LogP) is 2.21. The first-order chi connectivity index (χ1) is 12.5. The van der Waals surface area contributed by atoms with Crippen molar-refractivity contribution in [1.82, 2.24) is 0 Å². The third-order valence-electron chi connectivity index (χ3n) is 3.70. The van der Waals surface area contributed by atoms with Crippen LogP contribution in [0.4, 0.5) is 5.69 Å². The molecule has 0 saturated heterocycles. The minimum atomic E-state index is -0.942. The largest absolute Gasteiger partial charge is 0.485 e. The van der Waals surface area contributed by atoms with E-state index >= 15 is 0 Å². The van der Waals surface area contributed by atoms with Crippen molar-refractivity contribution in [2.75, 3.05) is 18.5 Å². The van der Waals surface area contributed by atoms with E-state index in [4.69, 9.17) is 14.2 Å². The number of hydrogen-bond acceptors (Lipinski definition) is 6. The molecule has 0 unspecified atom stereocenters. The van der Waals surface area contributed by atoms with Crippen LogP contribution >= 0.6 is 0 Å². The Morgan fingerprint density at radius 2 is 1.77 bits per heavy atom. The van der Waals surface area contributed by atoms with Crippen molar-refractivity contribution in [2.24, 2.45) is 0 Å². The van der Waals surface area contributed by atoms with Gasteiger partial charge in [-0.2, -0.15) is 0 Å². The summed E-state index contributed by atoms with van der Waals surface area (Å²) in [6.45, 7) is 0.917. The summed E-state index contributed by atoms with van der Waals surface area (Å²) in [4.78, 5) is 35.6. The van der Waals surface area contributed by atoms with Crippen LogP contribution in [-0.4, -0.2) is 37.0 Å². The second kappa shape index (κ2) is 7.69. The molecule has 0 aliphatic carbocycles. The zero-order chi connectivity index (χ0) is 18.5. The number of carbonyl (C=O) groups excluding carboxylic acids is 3. The summed E-state index contributed by atoms with van der Waals surface area (Å²) in [5.41, 5.74) is 0.750. The first kappa shape index (κ1) is 17.5. The number of amides is 1. The van der Waals surface area contributed by atoms with E-state index < -0.39 is 24.6 Å². The molecule has 1 aliphatic heterocycles. The highest BCUT2D eigenvalue weighted by atomic mass is 16.6. The number of benzene rings is 2. The molecule has 0 aromatic heterocycles. The molecule has 134 valence electrons. The number of para-hydroxylation sites is 3. The van der Waals surface area contributed by atoms with Gasteiger partial charge in [0.15, 0.2) is 23.9 Å². The smallest absolute Gasteiger partial charge is 0.351 e. The molecule has 1 heterocycles. The molecule has 7 nitrogen and oxygen atoms in total. The summed E-state index contributed by atoms with van der Waals surface area (Å²) in [5.74, 6) is -0.432. The molecule has 7 heteroatoms. The molecule has 26 heavy (non-hydrogen) atoms. The molecule has 2 aromatic rings. The van der Waals surface area contributed by atoms with Crippen LogP contribution in [0.25, 0.3) is 0 Å². The molecule has 2 aromatic carbocycles. The number of ether oxygens (including phenoxy) is 3. The van der Waals surface area contributed by atoms with Crippen molar-refractivity contribution in [3.05, 3.63) is 54.1 Å². The third kappa shape index (κ3) is 4.00. The highest BCUT2D eigenvalue weighted by Gasteiger charge is 2.29. The van der Waals surface area contributed by atoms with Gasteiger partial charge in [-0.3, -0.25) is 9.59 Å². The molecule has 0 spiro atoms. The Bertz CT molecular complexity index is 847. The maximum atomic E-state index is 12.1. The minimum absolute atomic E-state index is 0.00460. The third-order valence-corrected chi connectivity index (χ3v) is 3.70. The van der Waals surface area contributed by atoms with Gasteiger partial charge >= 0.3 is 5.97 Å². The fourth-order valence-corrected chi connectivity index (χ4v) is 2.45. The molecule has 1 aliphatic rings. The average molecular weight is 355 g/mol. The van der Waals surface area contributed by atoms with Crippen molar-refractivity contribution >= 4 is 23.3 Å². The van der Waals surface area contributed by atoms with Crippen molar-refractivity contribution < 1.29 is 28.6 Å². The lowest BCUT2D eigenvalue weighted by molar-refractivity contribution is -0.156. The second-order valence-corrected chi connectivity index (χ2v) is 5.62. The Kier molecular flexibility index (Phi) is 5.17. The van der Waals surface area contributed by atoms with Crippen molar-refractivity contribution in [3.63, 3.8) is 0 Å². The van der Waals surface area contributed by atoms with Gasteiger partial charge in [-0.25, -0.2) is 4.79 Å². The molecule has 0 radical (unpaired) electrons. The Balaban J connectivity index is 1.54. The van der Waals surface area contributed by atoms with E-state index in [2.05, 4.69) is 5.32 Å². The van der Waals surface area contributed by atoms with Gasteiger partial charge in [0, 0.05) is 5.56 Å². The van der Waals surface area contributed by atoms with Crippen LogP contribution in [0.1, 0.15) is 17.3 Å². The van der Waals surface area contributed by atoms with Crippen LogP contribution in [0.15, 0.2) is 48.5 Å². The summed E-state index contributed by atoms with van der Waals surface area (Å²) in [5, 5.41) is 2.56. The number of carbonyl (C=O) groups is 3. The molecular formula is C19H17NO6. The highest BCUT2D eigenvalue weighted by molar-refractivity contribution is 6.04. The predicted molar refractivity (Wildman–Crippen MR) is 92.4 cm³/mol. The number of fused-ring (bicyclic) bond motifs is 1. The molecule has 1 N–H and O–H groups in total. The summed E-state index contributed by atoms with van der Waals surface area (Å²) in [6.07, 6.45) is -0.942. The van der Waals surface area contributed by atoms with Crippen LogP contribution < -0.4 is 14.8 Å². The van der Waals surface area contributed by atoms with E-state index in [0.717, 1.165) is 0 Å². The summed E-state index contributed by atoms with van der Waals surface area (Å²) >= 11 is 0. The normalized spacial score (nSPS) is 15.0. The average Bonchev–Trinajstić information content (AvgIpc) is 2.66. The summed E-state index contributed by atoms with van der Waals surface area (Å²) in [7, 11) is 0. The summed E-state index contributed by atoms with van der Waals surface area (Å²) < 4.78 is 15.9. The molecule has 0 bridgehead atoms. The molecule has 1 amide bonds. The highest BCUT2D eigenvalue weighted by Crippen LogP contribution is 2.31. The van der Waals surface area contributed by atoms with Gasteiger partial charge in [0.1, 0.15) is 6.61 Å². The number of anilines is 1. The zero-order valence-corrected chi connectivity index (χ0v) is 14.1. The number of hydrogen-bond donors (Lipinski definition) is 1. The van der Waals surface area contributed by atoms with Gasteiger partial charge in [0.25, 0.3) is 5.91 Å². The second-order valence-electron chi connectivity index (χ2n) is 5.62. The van der Waals surface area contributed by atoms with E-state index in [0.29, 0.717) is 22.7 Å². The topological polar surface area (TPSA) is 90.9 Å². The maximum Gasteiger partial charge on any atom is 0.351 e. The van der Waals surface area contributed by atoms with Crippen LogP contribution in [0.5, 0.6) is 11.5 Å². The van der Waals surface area contributed by atoms with Crippen LogP contribution in [-0.2, 0) is 14.3 Å². The SMILES string of the molecule is CC(=O)c1ccccc1NC(=O)COC(=O)[C@@H]1COc2ccccc2O1. The Morgan fingerprint density at radius 3 is 2.54 bits per heavy atom. The fourth-order valence-electron chi connectivity index (χ4n) is 2.45. The Hall–Kier alpha value is -3.35. The lowest BCUT2D eigenvalue weighted by atomic mass is 10.1. The Morgan fingerprint density at radius 1 is 1.08 bits per heavy atom. The van der Waals surface area contributed by atoms with Crippen molar-refractivity contribution in [2.45, 2.75) is 13.0 Å². The van der Waals surface area contributed by atoms with Gasteiger partial charge in [-0.05, 0) is 31.2 Å². The number of rotatable bonds is 5. The van der Waals surface area contributed by atoms with Crippen molar-refractivity contribution in [1.29, 1.82) is 0 Å². The first-order valence-corrected chi connectivity index (χ1v) is 7.99. The van der Waals surface area contributed by atoms with E-state index in [1.807, 2.05) is 0 Å². The zero-order valence-electron chi connectivity index (χ0n) is 14.1. The van der Waals surface area contributed by atoms with Gasteiger partial charge in [-0.1, -0.05) is 24.3 Å². The lowest BCUT2D eigenvalue weighted by Crippen LogP contribution is -2.39. The van der Waals surface area contributed by atoms with E-state index in [-0.39, 0.29) is 12.4 Å². The van der Waals surface area contributed by atoms with Crippen LogP contribution in [0.3, 0.4) is 0 Å². The van der Waals surface area contributed by atoms with Gasteiger partial charge in [0.05, 0.1) is 5.69 Å². The van der Waals surface area contributed by atoms with E-state index in [9.17, 15) is 14.4 Å². The number of Topliss-reactive ketones (excluding diaryl/α,β-unsaturated/α-hetero) is 1. The van der Waals surface area contributed by atoms with Gasteiger partial charge in [-0.15, -0.1) is 0 Å². The van der Waals surface area contributed by atoms with E-state index in [1.54, 1.807) is 48.5 Å². The lowest BCUT2D eigenvalue weighted by Gasteiger charge is -2.24. The number of nitrogens with one attached hydrogen (secondary N) is 1. The van der Waals surface area contributed by atoms with Gasteiger partial charge < -0.3 is 19.5 Å². The maximum absolute atomic E-state index is 12.1. The summed E-state index contributed by atoms with van der Waals surface area (Å²) in [6, 6.07) is 13.6. The fraction of sp³-hybridized carbons (Fsp3) is 0.211. The molecular weight excluding hydrogens is 338 g/mol. The molecule has 0 fully saturated rings. The number of esters is 1. The standard InChI is InChI=1S/C19H17NO6/c1-12(21)13-6-2-3-7-14(13)20-18(22)11-25-19(23)17-10-24-15-8-4-5-9-16(15)26-17/h2-9,17H,10-11H2,1H3,(H,20,22)/t17-/m0/s1. The molecule has 0 saturated carbocycles. The monoisotopic (exact) mass is 355 g/mol. The van der Waals surface area contributed by atoms with Crippen LogP contribution in [0.2, 0.25) is 0 Å². The number of ketones is 1. The quantitative estimate of drug-likeness (QED) is 0.653. The van der Waals surface area contributed by atoms with Crippen LogP contribution in [0, 0.1) is 0 Å². The van der Waals surface area contributed by atoms with Crippen molar-refractivity contribution in [3.8, 4) is 11.5 Å². The first-order valence-electron chi connectivity index (χ1n) is 7.99. The Labute approximate surface area is 149 Å². The molecule has 1 atom stereocenters. The van der Waals surface area contributed by atoms with Gasteiger partial charge in [0.2, 0.25) is 6.10 Å².